The summed E-state index contributed by atoms with van der Waals surface area (Å²) < 4.78 is 33.2. The molecule has 1 aliphatic heterocycles. The molecule has 1 aliphatic rings. The first kappa shape index (κ1) is 22.8. The molecule has 7 nitrogen and oxygen atoms in total. The maximum absolute atomic E-state index is 15.3. The van der Waals surface area contributed by atoms with Crippen LogP contribution in [0.4, 0.5) is 4.39 Å². The van der Waals surface area contributed by atoms with Crippen LogP contribution in [0.5, 0.6) is 11.5 Å². The zero-order valence-electron chi connectivity index (χ0n) is 18.5. The van der Waals surface area contributed by atoms with Gasteiger partial charge in [-0.3, -0.25) is 4.79 Å². The normalized spacial score (nSPS) is 15.2. The molecule has 0 radical (unpaired) electrons. The largest absolute Gasteiger partial charge is 0.493 e. The molecule has 31 heavy (non-hydrogen) atoms. The predicted octanol–water partition coefficient (Wildman–Crippen LogP) is 3.92. The number of methoxy groups -OCH3 is 2. The predicted molar refractivity (Wildman–Crippen MR) is 114 cm³/mol. The average molecular weight is 433 g/mol. The maximum Gasteiger partial charge on any atom is 0.341 e. The van der Waals surface area contributed by atoms with Crippen molar-refractivity contribution >= 4 is 5.97 Å². The number of rotatable bonds is 7. The molecular weight excluding hydrogens is 405 g/mol. The van der Waals surface area contributed by atoms with Crippen LogP contribution in [-0.2, 0) is 11.2 Å². The third-order valence-electron chi connectivity index (χ3n) is 5.55. The van der Waals surface area contributed by atoms with Crippen molar-refractivity contribution in [1.29, 1.82) is 0 Å². The first-order valence-electron chi connectivity index (χ1n) is 10.1. The quantitative estimate of drug-likeness (QED) is 0.666. The van der Waals surface area contributed by atoms with Gasteiger partial charge < -0.3 is 23.9 Å². The summed E-state index contributed by atoms with van der Waals surface area (Å²) in [5.41, 5.74) is -0.664. The van der Waals surface area contributed by atoms with Crippen LogP contribution in [0.1, 0.15) is 49.2 Å². The number of carbonyl (C=O) groups is 1. The van der Waals surface area contributed by atoms with Gasteiger partial charge in [0, 0.05) is 37.9 Å². The summed E-state index contributed by atoms with van der Waals surface area (Å²) in [5.74, 6) is -1.59. The summed E-state index contributed by atoms with van der Waals surface area (Å²) >= 11 is 0. The van der Waals surface area contributed by atoms with E-state index in [-0.39, 0.29) is 17.2 Å². The summed E-state index contributed by atoms with van der Waals surface area (Å²) in [7, 11) is 3.11. The lowest BCUT2D eigenvalue weighted by Crippen LogP contribution is -2.34. The fourth-order valence-corrected chi connectivity index (χ4v) is 3.94. The van der Waals surface area contributed by atoms with Gasteiger partial charge in [0.1, 0.15) is 5.56 Å². The Kier molecular flexibility index (Phi) is 6.40. The van der Waals surface area contributed by atoms with Crippen molar-refractivity contribution in [3.05, 3.63) is 45.5 Å². The average Bonchev–Trinajstić information content (AvgIpc) is 2.71. The standard InChI is InChI=1S/C23H28FNO6/c1-23(2,3)18-10-13-9-17(31-8-6-7-29-4)16(30-5)11-14(13)20-19(24)21(26)15(22(27)28)12-25(18)20/h9,11-12,18H,6-8,10H2,1-5H3,(H,27,28)/t18-/m1/s1. The first-order chi connectivity index (χ1) is 14.6. The van der Waals surface area contributed by atoms with Crippen LogP contribution >= 0.6 is 0 Å². The monoisotopic (exact) mass is 433 g/mol. The third kappa shape index (κ3) is 4.30. The number of halogens is 1. The minimum atomic E-state index is -1.45. The highest BCUT2D eigenvalue weighted by atomic mass is 19.1. The van der Waals surface area contributed by atoms with Crippen LogP contribution in [0.25, 0.3) is 11.3 Å². The molecule has 2 aromatic rings. The highest BCUT2D eigenvalue weighted by Crippen LogP contribution is 2.46. The van der Waals surface area contributed by atoms with Gasteiger partial charge in [-0.05, 0) is 29.5 Å². The Balaban J connectivity index is 2.21. The second kappa shape index (κ2) is 8.70. The number of fused-ring (bicyclic) bond motifs is 3. The molecule has 0 aliphatic carbocycles. The molecular formula is C23H28FNO6. The number of nitrogens with zero attached hydrogens (tertiary/aromatic N) is 1. The van der Waals surface area contributed by atoms with Gasteiger partial charge in [-0.1, -0.05) is 20.8 Å². The number of aromatic nitrogens is 1. The zero-order valence-corrected chi connectivity index (χ0v) is 18.5. The number of benzene rings is 1. The summed E-state index contributed by atoms with van der Waals surface area (Å²) in [5, 5.41) is 9.39. The number of aromatic carboxylic acids is 1. The van der Waals surface area contributed by atoms with Crippen LogP contribution in [-0.4, -0.2) is 43.1 Å². The number of carboxylic acids is 1. The third-order valence-corrected chi connectivity index (χ3v) is 5.55. The van der Waals surface area contributed by atoms with Gasteiger partial charge in [0.2, 0.25) is 5.43 Å². The van der Waals surface area contributed by atoms with Gasteiger partial charge in [-0.15, -0.1) is 0 Å². The van der Waals surface area contributed by atoms with Crippen LogP contribution in [0, 0.1) is 11.2 Å². The molecule has 1 aromatic heterocycles. The van der Waals surface area contributed by atoms with E-state index < -0.39 is 22.8 Å². The minimum absolute atomic E-state index is 0.0698. The Labute approximate surface area is 180 Å². The molecule has 0 fully saturated rings. The lowest BCUT2D eigenvalue weighted by Gasteiger charge is -2.39. The molecule has 0 amide bonds. The summed E-state index contributed by atoms with van der Waals surface area (Å²) in [4.78, 5) is 24.0. The highest BCUT2D eigenvalue weighted by Gasteiger charge is 2.36. The minimum Gasteiger partial charge on any atom is -0.493 e. The van der Waals surface area contributed by atoms with Crippen molar-refractivity contribution in [3.8, 4) is 22.8 Å². The van der Waals surface area contributed by atoms with Gasteiger partial charge in [-0.2, -0.15) is 0 Å². The van der Waals surface area contributed by atoms with Gasteiger partial charge in [-0.25, -0.2) is 9.18 Å². The number of ether oxygens (including phenoxy) is 3. The van der Waals surface area contributed by atoms with E-state index in [4.69, 9.17) is 14.2 Å². The zero-order chi connectivity index (χ0) is 22.9. The van der Waals surface area contributed by atoms with Crippen molar-refractivity contribution in [2.75, 3.05) is 27.4 Å². The van der Waals surface area contributed by atoms with Gasteiger partial charge in [0.05, 0.1) is 19.4 Å². The van der Waals surface area contributed by atoms with Gasteiger partial charge in [0.25, 0.3) is 0 Å². The molecule has 1 atom stereocenters. The van der Waals surface area contributed by atoms with Crippen molar-refractivity contribution in [3.63, 3.8) is 0 Å². The van der Waals surface area contributed by atoms with E-state index in [1.165, 1.54) is 13.3 Å². The van der Waals surface area contributed by atoms with Crippen molar-refractivity contribution in [2.24, 2.45) is 5.41 Å². The maximum atomic E-state index is 15.3. The molecule has 8 heteroatoms. The van der Waals surface area contributed by atoms with Gasteiger partial charge in [0.15, 0.2) is 17.3 Å². The SMILES string of the molecule is COCCCOc1cc2c(cc1OC)-c1c(F)c(=O)c(C(=O)O)cn1[C@@H](C(C)(C)C)C2. The Bertz CT molecular complexity index is 1050. The van der Waals surface area contributed by atoms with Crippen LogP contribution < -0.4 is 14.9 Å². The summed E-state index contributed by atoms with van der Waals surface area (Å²) in [6.45, 7) is 6.97. The van der Waals surface area contributed by atoms with E-state index in [0.29, 0.717) is 43.1 Å². The van der Waals surface area contributed by atoms with Crippen molar-refractivity contribution in [1.82, 2.24) is 4.57 Å². The second-order valence-electron chi connectivity index (χ2n) is 8.69. The number of carboxylic acid groups (broad SMARTS) is 1. The number of pyridine rings is 1. The Hall–Kier alpha value is -2.87. The molecule has 1 N–H and O–H groups in total. The number of hydrogen-bond donors (Lipinski definition) is 1. The Morgan fingerprint density at radius 3 is 2.52 bits per heavy atom. The lowest BCUT2D eigenvalue weighted by atomic mass is 9.78. The fourth-order valence-electron chi connectivity index (χ4n) is 3.94. The summed E-state index contributed by atoms with van der Waals surface area (Å²) in [6.07, 6.45) is 2.47. The first-order valence-corrected chi connectivity index (χ1v) is 10.1. The van der Waals surface area contributed by atoms with Crippen LogP contribution in [0.15, 0.2) is 23.1 Å². The van der Waals surface area contributed by atoms with E-state index >= 15 is 4.39 Å². The molecule has 0 unspecified atom stereocenters. The van der Waals surface area contributed by atoms with E-state index in [0.717, 1.165) is 5.56 Å². The van der Waals surface area contributed by atoms with Crippen molar-refractivity contribution < 1.29 is 28.5 Å². The summed E-state index contributed by atoms with van der Waals surface area (Å²) in [6, 6.07) is 3.20. The van der Waals surface area contributed by atoms with Gasteiger partial charge >= 0.3 is 5.97 Å². The smallest absolute Gasteiger partial charge is 0.341 e. The molecule has 1 aromatic carbocycles. The molecule has 0 bridgehead atoms. The molecule has 0 saturated carbocycles. The Morgan fingerprint density at radius 1 is 1.23 bits per heavy atom. The molecule has 0 saturated heterocycles. The molecule has 2 heterocycles. The molecule has 0 spiro atoms. The van der Waals surface area contributed by atoms with E-state index in [1.807, 2.05) is 26.8 Å². The topological polar surface area (TPSA) is 87.0 Å². The highest BCUT2D eigenvalue weighted by molar-refractivity contribution is 5.88. The molecule has 168 valence electrons. The van der Waals surface area contributed by atoms with E-state index in [9.17, 15) is 14.7 Å². The van der Waals surface area contributed by atoms with Crippen LogP contribution in [0.2, 0.25) is 0 Å². The second-order valence-corrected chi connectivity index (χ2v) is 8.69. The van der Waals surface area contributed by atoms with E-state index in [2.05, 4.69) is 0 Å². The fraction of sp³-hybridized carbons (Fsp3) is 0.478. The van der Waals surface area contributed by atoms with Crippen LogP contribution in [0.3, 0.4) is 0 Å². The van der Waals surface area contributed by atoms with Crippen molar-refractivity contribution in [2.45, 2.75) is 39.7 Å². The van der Waals surface area contributed by atoms with E-state index in [1.54, 1.807) is 17.7 Å². The lowest BCUT2D eigenvalue weighted by molar-refractivity contribution is 0.0692. The number of hydrogen-bond acceptors (Lipinski definition) is 5. The molecule has 3 rings (SSSR count). The Morgan fingerprint density at radius 2 is 1.94 bits per heavy atom.